The predicted octanol–water partition coefficient (Wildman–Crippen LogP) is 2.60. The third-order valence-corrected chi connectivity index (χ3v) is 3.34. The quantitative estimate of drug-likeness (QED) is 0.601. The van der Waals surface area contributed by atoms with E-state index in [4.69, 9.17) is 4.74 Å². The number of rotatable bonds is 7. The fourth-order valence-electron chi connectivity index (χ4n) is 1.78. The van der Waals surface area contributed by atoms with Crippen LogP contribution in [-0.4, -0.2) is 30.0 Å². The van der Waals surface area contributed by atoms with Crippen molar-refractivity contribution >= 4 is 22.6 Å². The molecule has 0 unspecified atom stereocenters. The van der Waals surface area contributed by atoms with Crippen LogP contribution in [0.4, 0.5) is 0 Å². The number of ether oxygens (including phenoxy) is 1. The number of halogens is 1. The van der Waals surface area contributed by atoms with Crippen molar-refractivity contribution in [1.29, 1.82) is 0 Å². The van der Waals surface area contributed by atoms with E-state index < -0.39 is 0 Å². The summed E-state index contributed by atoms with van der Waals surface area (Å²) in [6.07, 6.45) is 4.91. The minimum Gasteiger partial charge on any atom is -0.385 e. The molecule has 5 heteroatoms. The third kappa shape index (κ3) is 4.59. The van der Waals surface area contributed by atoms with Gasteiger partial charge in [0.05, 0.1) is 15.5 Å². The van der Waals surface area contributed by atoms with Crippen LogP contribution in [0, 0.1) is 3.57 Å². The summed E-state index contributed by atoms with van der Waals surface area (Å²) in [7, 11) is 1.73. The minimum absolute atomic E-state index is 0.809. The van der Waals surface area contributed by atoms with Crippen LogP contribution in [0.25, 0.3) is 5.69 Å². The van der Waals surface area contributed by atoms with E-state index in [9.17, 15) is 0 Å². The first-order chi connectivity index (χ1) is 9.29. The molecule has 1 aromatic heterocycles. The molecule has 0 aliphatic carbocycles. The van der Waals surface area contributed by atoms with Crippen molar-refractivity contribution in [3.63, 3.8) is 0 Å². The lowest BCUT2D eigenvalue weighted by molar-refractivity contribution is 0.194. The number of benzene rings is 1. The van der Waals surface area contributed by atoms with Gasteiger partial charge in [-0.1, -0.05) is 12.1 Å². The maximum Gasteiger partial charge on any atom is 0.0646 e. The highest BCUT2D eigenvalue weighted by atomic mass is 127. The molecule has 1 aromatic carbocycles. The van der Waals surface area contributed by atoms with Crippen molar-refractivity contribution in [2.24, 2.45) is 0 Å². The number of hydrogen-bond acceptors (Lipinski definition) is 3. The van der Waals surface area contributed by atoms with Crippen molar-refractivity contribution < 1.29 is 4.74 Å². The Morgan fingerprint density at radius 1 is 1.32 bits per heavy atom. The molecule has 2 rings (SSSR count). The van der Waals surface area contributed by atoms with E-state index in [2.05, 4.69) is 57.3 Å². The Bertz CT molecular complexity index is 496. The second-order valence-electron chi connectivity index (χ2n) is 4.29. The molecule has 0 radical (unpaired) electrons. The van der Waals surface area contributed by atoms with Crippen LogP contribution in [0.5, 0.6) is 0 Å². The number of hydrogen-bond donors (Lipinski definition) is 1. The first-order valence-corrected chi connectivity index (χ1v) is 7.36. The maximum atomic E-state index is 5.01. The average Bonchev–Trinajstić information content (AvgIpc) is 2.86. The molecule has 0 saturated carbocycles. The van der Waals surface area contributed by atoms with E-state index in [-0.39, 0.29) is 0 Å². The summed E-state index contributed by atoms with van der Waals surface area (Å²) >= 11 is 2.26. The molecular weight excluding hydrogens is 353 g/mol. The van der Waals surface area contributed by atoms with E-state index >= 15 is 0 Å². The van der Waals surface area contributed by atoms with Crippen molar-refractivity contribution in [2.45, 2.75) is 13.0 Å². The Balaban J connectivity index is 1.85. The van der Waals surface area contributed by atoms with Crippen molar-refractivity contribution in [2.75, 3.05) is 20.3 Å². The third-order valence-electron chi connectivity index (χ3n) is 2.78. The summed E-state index contributed by atoms with van der Waals surface area (Å²) in [6.45, 7) is 2.68. The average molecular weight is 371 g/mol. The zero-order valence-electron chi connectivity index (χ0n) is 11.0. The minimum atomic E-state index is 0.809. The van der Waals surface area contributed by atoms with Crippen molar-refractivity contribution in [3.05, 3.63) is 45.8 Å². The standard InChI is InChI=1S/C14H18IN3O/c1-19-8-2-7-16-9-12-3-5-14(6-4-12)18-11-13(15)10-17-18/h3-6,10-11,16H,2,7-9H2,1H3. The Kier molecular flexibility index (Phi) is 5.81. The first kappa shape index (κ1) is 14.5. The predicted molar refractivity (Wildman–Crippen MR) is 84.5 cm³/mol. The number of nitrogens with zero attached hydrogens (tertiary/aromatic N) is 2. The molecular formula is C14H18IN3O. The van der Waals surface area contributed by atoms with Gasteiger partial charge in [0.2, 0.25) is 0 Å². The van der Waals surface area contributed by atoms with Crippen LogP contribution in [0.2, 0.25) is 0 Å². The summed E-state index contributed by atoms with van der Waals surface area (Å²) in [4.78, 5) is 0. The maximum absolute atomic E-state index is 5.01. The zero-order chi connectivity index (χ0) is 13.5. The molecule has 0 bridgehead atoms. The molecule has 0 spiro atoms. The Hall–Kier alpha value is -0.920. The van der Waals surface area contributed by atoms with Gasteiger partial charge in [-0.2, -0.15) is 5.10 Å². The van der Waals surface area contributed by atoms with Crippen LogP contribution in [0.1, 0.15) is 12.0 Å². The van der Waals surface area contributed by atoms with Crippen LogP contribution in [0.15, 0.2) is 36.7 Å². The van der Waals surface area contributed by atoms with E-state index in [1.807, 2.05) is 17.1 Å². The topological polar surface area (TPSA) is 39.1 Å². The molecule has 0 aliphatic rings. The van der Waals surface area contributed by atoms with E-state index in [0.29, 0.717) is 0 Å². The van der Waals surface area contributed by atoms with Gasteiger partial charge in [-0.05, 0) is 53.3 Å². The molecule has 2 aromatic rings. The SMILES string of the molecule is COCCCNCc1ccc(-n2cc(I)cn2)cc1. The lowest BCUT2D eigenvalue weighted by Gasteiger charge is -2.06. The van der Waals surface area contributed by atoms with Crippen molar-refractivity contribution in [3.8, 4) is 5.69 Å². The van der Waals surface area contributed by atoms with Gasteiger partial charge >= 0.3 is 0 Å². The summed E-state index contributed by atoms with van der Waals surface area (Å²) in [6, 6.07) is 8.45. The summed E-state index contributed by atoms with van der Waals surface area (Å²) in [5.74, 6) is 0. The number of aromatic nitrogens is 2. The van der Waals surface area contributed by atoms with E-state index in [1.54, 1.807) is 7.11 Å². The van der Waals surface area contributed by atoms with Gasteiger partial charge in [0.1, 0.15) is 0 Å². The summed E-state index contributed by atoms with van der Waals surface area (Å²) in [5, 5.41) is 7.69. The molecule has 0 aliphatic heterocycles. The second-order valence-corrected chi connectivity index (χ2v) is 5.54. The molecule has 1 heterocycles. The van der Waals surface area contributed by atoms with Gasteiger partial charge in [0.15, 0.2) is 0 Å². The lowest BCUT2D eigenvalue weighted by Crippen LogP contribution is -2.16. The van der Waals surface area contributed by atoms with E-state index in [1.165, 1.54) is 5.56 Å². The smallest absolute Gasteiger partial charge is 0.0646 e. The summed E-state index contributed by atoms with van der Waals surface area (Å²) in [5.41, 5.74) is 2.37. The van der Waals surface area contributed by atoms with E-state index in [0.717, 1.165) is 35.4 Å². The molecule has 0 amide bonds. The highest BCUT2D eigenvalue weighted by molar-refractivity contribution is 14.1. The fourth-order valence-corrected chi connectivity index (χ4v) is 2.17. The van der Waals surface area contributed by atoms with Gasteiger partial charge in [0.25, 0.3) is 0 Å². The van der Waals surface area contributed by atoms with Gasteiger partial charge in [-0.15, -0.1) is 0 Å². The molecule has 0 fully saturated rings. The van der Waals surface area contributed by atoms with Crippen LogP contribution < -0.4 is 5.32 Å². The Labute approximate surface area is 127 Å². The lowest BCUT2D eigenvalue weighted by atomic mass is 10.2. The molecule has 0 atom stereocenters. The molecule has 0 saturated heterocycles. The summed E-state index contributed by atoms with van der Waals surface area (Å²) < 4.78 is 8.04. The number of nitrogens with one attached hydrogen (secondary N) is 1. The van der Waals surface area contributed by atoms with Gasteiger partial charge < -0.3 is 10.1 Å². The Morgan fingerprint density at radius 2 is 2.11 bits per heavy atom. The molecule has 102 valence electrons. The number of methoxy groups -OCH3 is 1. The van der Waals surface area contributed by atoms with Crippen LogP contribution >= 0.6 is 22.6 Å². The van der Waals surface area contributed by atoms with Crippen LogP contribution in [0.3, 0.4) is 0 Å². The highest BCUT2D eigenvalue weighted by Gasteiger charge is 1.99. The highest BCUT2D eigenvalue weighted by Crippen LogP contribution is 2.11. The van der Waals surface area contributed by atoms with Crippen molar-refractivity contribution in [1.82, 2.24) is 15.1 Å². The van der Waals surface area contributed by atoms with Gasteiger partial charge in [-0.25, -0.2) is 4.68 Å². The molecule has 4 nitrogen and oxygen atoms in total. The molecule has 19 heavy (non-hydrogen) atoms. The largest absolute Gasteiger partial charge is 0.385 e. The zero-order valence-corrected chi connectivity index (χ0v) is 13.1. The Morgan fingerprint density at radius 3 is 2.74 bits per heavy atom. The fraction of sp³-hybridized carbons (Fsp3) is 0.357. The monoisotopic (exact) mass is 371 g/mol. The second kappa shape index (κ2) is 7.62. The van der Waals surface area contributed by atoms with Gasteiger partial charge in [-0.3, -0.25) is 0 Å². The van der Waals surface area contributed by atoms with Crippen LogP contribution in [-0.2, 0) is 11.3 Å². The van der Waals surface area contributed by atoms with Gasteiger partial charge in [0, 0.05) is 26.5 Å². The first-order valence-electron chi connectivity index (χ1n) is 6.29. The molecule has 1 N–H and O–H groups in total. The normalized spacial score (nSPS) is 10.8.